The first-order valence-corrected chi connectivity index (χ1v) is 7.67. The van der Waals surface area contributed by atoms with Gasteiger partial charge in [0.1, 0.15) is 5.60 Å². The maximum Gasteiger partial charge on any atom is 0.223 e. The number of hydrogen-bond donors (Lipinski definition) is 1. The third-order valence-corrected chi connectivity index (χ3v) is 4.74. The molecule has 0 unspecified atom stereocenters. The molecule has 1 N–H and O–H groups in total. The van der Waals surface area contributed by atoms with Crippen LogP contribution in [0, 0.1) is 0 Å². The summed E-state index contributed by atoms with van der Waals surface area (Å²) in [5.41, 5.74) is 0.549. The summed E-state index contributed by atoms with van der Waals surface area (Å²) in [6, 6.07) is 1.94. The van der Waals surface area contributed by atoms with E-state index >= 15 is 0 Å². The Balaban J connectivity index is 1.59. The number of aliphatic hydroxyl groups excluding tert-OH is 1. The van der Waals surface area contributed by atoms with Crippen molar-refractivity contribution in [1.29, 1.82) is 0 Å². The number of aryl methyl sites for hydroxylation is 2. The molecule has 116 valence electrons. The number of ether oxygens (including phenoxy) is 1. The molecule has 6 heteroatoms. The third-order valence-electron chi connectivity index (χ3n) is 4.74. The molecule has 1 aromatic heterocycles. The van der Waals surface area contributed by atoms with Crippen molar-refractivity contribution in [3.8, 4) is 0 Å². The van der Waals surface area contributed by atoms with Crippen molar-refractivity contribution in [2.45, 2.75) is 43.8 Å². The van der Waals surface area contributed by atoms with Gasteiger partial charge < -0.3 is 14.7 Å². The Hall–Kier alpha value is -1.40. The zero-order chi connectivity index (χ0) is 14.9. The van der Waals surface area contributed by atoms with Crippen LogP contribution in [0.3, 0.4) is 0 Å². The summed E-state index contributed by atoms with van der Waals surface area (Å²) in [4.78, 5) is 14.3. The number of hydrogen-bond acceptors (Lipinski definition) is 4. The molecule has 1 aromatic rings. The van der Waals surface area contributed by atoms with Crippen LogP contribution >= 0.6 is 0 Å². The standard InChI is InChI=1S/C15H23N3O3/c1-17-12(5-8-16-17)3-4-14(20)18-9-6-13(19)15(11-18)7-2-10-21-15/h5,8,13,19H,2-4,6-7,9-11H2,1H3/t13-,15-/m0/s1. The Morgan fingerprint density at radius 3 is 3.14 bits per heavy atom. The highest BCUT2D eigenvalue weighted by Crippen LogP contribution is 2.35. The number of carbonyl (C=O) groups is 1. The summed E-state index contributed by atoms with van der Waals surface area (Å²) in [5, 5.41) is 14.3. The Kier molecular flexibility index (Phi) is 3.99. The van der Waals surface area contributed by atoms with Crippen LogP contribution in [0.1, 0.15) is 31.4 Å². The molecule has 3 rings (SSSR count). The van der Waals surface area contributed by atoms with Crippen molar-refractivity contribution < 1.29 is 14.6 Å². The van der Waals surface area contributed by atoms with E-state index in [1.807, 2.05) is 18.0 Å². The number of rotatable bonds is 3. The molecule has 0 aromatic carbocycles. The summed E-state index contributed by atoms with van der Waals surface area (Å²) >= 11 is 0. The molecule has 3 heterocycles. The molecule has 21 heavy (non-hydrogen) atoms. The van der Waals surface area contributed by atoms with Crippen LogP contribution in [0.25, 0.3) is 0 Å². The predicted molar refractivity (Wildman–Crippen MR) is 76.6 cm³/mol. The molecule has 0 aliphatic carbocycles. The van der Waals surface area contributed by atoms with Crippen molar-refractivity contribution in [3.05, 3.63) is 18.0 Å². The molecule has 0 bridgehead atoms. The van der Waals surface area contributed by atoms with Gasteiger partial charge >= 0.3 is 0 Å². The summed E-state index contributed by atoms with van der Waals surface area (Å²) in [6.45, 7) is 1.84. The third kappa shape index (κ3) is 2.82. The lowest BCUT2D eigenvalue weighted by molar-refractivity contribution is -0.154. The van der Waals surface area contributed by atoms with Crippen LogP contribution in [-0.2, 0) is 23.0 Å². The number of aliphatic hydroxyl groups is 1. The number of amides is 1. The first-order chi connectivity index (χ1) is 10.1. The van der Waals surface area contributed by atoms with Gasteiger partial charge in [-0.05, 0) is 31.7 Å². The van der Waals surface area contributed by atoms with Gasteiger partial charge in [-0.2, -0.15) is 5.10 Å². The second-order valence-corrected chi connectivity index (χ2v) is 6.08. The molecule has 6 nitrogen and oxygen atoms in total. The number of piperidine rings is 1. The first-order valence-electron chi connectivity index (χ1n) is 7.67. The van der Waals surface area contributed by atoms with Gasteiger partial charge in [0, 0.05) is 38.5 Å². The second-order valence-electron chi connectivity index (χ2n) is 6.08. The van der Waals surface area contributed by atoms with Gasteiger partial charge in [0.25, 0.3) is 0 Å². The number of carbonyl (C=O) groups excluding carboxylic acids is 1. The fraction of sp³-hybridized carbons (Fsp3) is 0.733. The number of nitrogens with zero attached hydrogens (tertiary/aromatic N) is 3. The second kappa shape index (κ2) is 5.77. The molecule has 0 saturated carbocycles. The molecule has 2 fully saturated rings. The highest BCUT2D eigenvalue weighted by Gasteiger charge is 2.46. The zero-order valence-electron chi connectivity index (χ0n) is 12.5. The number of likely N-dealkylation sites (tertiary alicyclic amines) is 1. The van der Waals surface area contributed by atoms with E-state index in [0.717, 1.165) is 18.5 Å². The molecule has 1 spiro atoms. The van der Waals surface area contributed by atoms with Crippen molar-refractivity contribution in [1.82, 2.24) is 14.7 Å². The molecular formula is C15H23N3O3. The highest BCUT2D eigenvalue weighted by atomic mass is 16.5. The SMILES string of the molecule is Cn1nccc1CCC(=O)N1CC[C@H](O)[C@]2(CCCO2)C1. The minimum absolute atomic E-state index is 0.137. The van der Waals surface area contributed by atoms with E-state index in [1.54, 1.807) is 10.9 Å². The van der Waals surface area contributed by atoms with Gasteiger partial charge in [-0.15, -0.1) is 0 Å². The molecule has 2 saturated heterocycles. The molecule has 2 atom stereocenters. The van der Waals surface area contributed by atoms with Crippen LogP contribution in [-0.4, -0.2) is 57.1 Å². The minimum Gasteiger partial charge on any atom is -0.390 e. The lowest BCUT2D eigenvalue weighted by Crippen LogP contribution is -2.57. The van der Waals surface area contributed by atoms with E-state index in [2.05, 4.69) is 5.10 Å². The van der Waals surface area contributed by atoms with Crippen molar-refractivity contribution in [2.24, 2.45) is 7.05 Å². The Morgan fingerprint density at radius 2 is 2.48 bits per heavy atom. The van der Waals surface area contributed by atoms with Crippen molar-refractivity contribution in [2.75, 3.05) is 19.7 Å². The Morgan fingerprint density at radius 1 is 1.62 bits per heavy atom. The lowest BCUT2D eigenvalue weighted by atomic mass is 9.87. The van der Waals surface area contributed by atoms with Gasteiger partial charge in [-0.1, -0.05) is 0 Å². The molecule has 1 amide bonds. The fourth-order valence-corrected chi connectivity index (χ4v) is 3.41. The monoisotopic (exact) mass is 293 g/mol. The van der Waals surface area contributed by atoms with Crippen LogP contribution in [0.15, 0.2) is 12.3 Å². The van der Waals surface area contributed by atoms with Gasteiger partial charge in [-0.3, -0.25) is 9.48 Å². The summed E-state index contributed by atoms with van der Waals surface area (Å²) in [7, 11) is 1.89. The average molecular weight is 293 g/mol. The van der Waals surface area contributed by atoms with Crippen LogP contribution in [0.2, 0.25) is 0 Å². The maximum atomic E-state index is 12.4. The van der Waals surface area contributed by atoms with E-state index in [0.29, 0.717) is 39.0 Å². The summed E-state index contributed by atoms with van der Waals surface area (Å²) in [5.74, 6) is 0.137. The normalized spacial score (nSPS) is 29.2. The lowest BCUT2D eigenvalue weighted by Gasteiger charge is -2.43. The van der Waals surface area contributed by atoms with Crippen LogP contribution in [0.4, 0.5) is 0 Å². The first kappa shape index (κ1) is 14.5. The van der Waals surface area contributed by atoms with Crippen molar-refractivity contribution >= 4 is 5.91 Å². The van der Waals surface area contributed by atoms with Gasteiger partial charge in [0.15, 0.2) is 0 Å². The Labute approximate surface area is 124 Å². The van der Waals surface area contributed by atoms with Gasteiger partial charge in [-0.25, -0.2) is 0 Å². The molecular weight excluding hydrogens is 270 g/mol. The topological polar surface area (TPSA) is 67.6 Å². The summed E-state index contributed by atoms with van der Waals surface area (Å²) in [6.07, 6.45) is 4.90. The quantitative estimate of drug-likeness (QED) is 0.881. The minimum atomic E-state index is -0.513. The smallest absolute Gasteiger partial charge is 0.223 e. The molecule has 0 radical (unpaired) electrons. The average Bonchev–Trinajstić information content (AvgIpc) is 3.10. The highest BCUT2D eigenvalue weighted by molar-refractivity contribution is 5.76. The van der Waals surface area contributed by atoms with E-state index in [4.69, 9.17) is 4.74 Å². The largest absolute Gasteiger partial charge is 0.390 e. The van der Waals surface area contributed by atoms with Gasteiger partial charge in [0.2, 0.25) is 5.91 Å². The van der Waals surface area contributed by atoms with E-state index in [-0.39, 0.29) is 5.91 Å². The van der Waals surface area contributed by atoms with E-state index < -0.39 is 11.7 Å². The zero-order valence-corrected chi connectivity index (χ0v) is 12.5. The molecule has 2 aliphatic rings. The molecule has 2 aliphatic heterocycles. The summed E-state index contributed by atoms with van der Waals surface area (Å²) < 4.78 is 7.59. The number of aromatic nitrogens is 2. The van der Waals surface area contributed by atoms with Crippen LogP contribution in [0.5, 0.6) is 0 Å². The maximum absolute atomic E-state index is 12.4. The predicted octanol–water partition coefficient (Wildman–Crippen LogP) is 0.495. The van der Waals surface area contributed by atoms with Gasteiger partial charge in [0.05, 0.1) is 12.6 Å². The van der Waals surface area contributed by atoms with E-state index in [1.165, 1.54) is 0 Å². The van der Waals surface area contributed by atoms with Crippen molar-refractivity contribution in [3.63, 3.8) is 0 Å². The van der Waals surface area contributed by atoms with Crippen LogP contribution < -0.4 is 0 Å². The Bertz CT molecular complexity index is 508. The van der Waals surface area contributed by atoms with E-state index in [9.17, 15) is 9.90 Å². The fourth-order valence-electron chi connectivity index (χ4n) is 3.41.